The summed E-state index contributed by atoms with van der Waals surface area (Å²) in [6.07, 6.45) is 3.78. The predicted octanol–water partition coefficient (Wildman–Crippen LogP) is 5.44. The van der Waals surface area contributed by atoms with Gasteiger partial charge in [0.1, 0.15) is 16.1 Å². The van der Waals surface area contributed by atoms with Gasteiger partial charge in [-0.2, -0.15) is 5.26 Å². The number of hydrogen-bond acceptors (Lipinski definition) is 10. The number of aromatic carboxylic acids is 1. The number of pyridine rings is 1. The second-order valence-corrected chi connectivity index (χ2v) is 14.2. The zero-order valence-electron chi connectivity index (χ0n) is 27.3. The summed E-state index contributed by atoms with van der Waals surface area (Å²) >= 11 is 14.1. The van der Waals surface area contributed by atoms with Crippen molar-refractivity contribution in [1.29, 1.82) is 5.26 Å². The minimum atomic E-state index is -1.40. The number of piperidine rings is 3. The van der Waals surface area contributed by atoms with Gasteiger partial charge in [-0.1, -0.05) is 35.3 Å². The zero-order valence-corrected chi connectivity index (χ0v) is 29.6. The maximum atomic E-state index is 13.9. The monoisotopic (exact) mass is 736 g/mol. The number of carbonyl (C=O) groups is 2. The Morgan fingerprint density at radius 2 is 1.82 bits per heavy atom. The van der Waals surface area contributed by atoms with Gasteiger partial charge < -0.3 is 24.1 Å². The molecule has 2 atom stereocenters. The van der Waals surface area contributed by atoms with Crippen molar-refractivity contribution in [2.45, 2.75) is 37.8 Å². The van der Waals surface area contributed by atoms with E-state index in [0.29, 0.717) is 50.9 Å². The molecular formula is C36H34Cl2N4O7S. The van der Waals surface area contributed by atoms with Crippen molar-refractivity contribution in [1.82, 2.24) is 4.90 Å². The second kappa shape index (κ2) is 15.1. The van der Waals surface area contributed by atoms with Gasteiger partial charge in [-0.05, 0) is 85.8 Å². The normalized spacial score (nSPS) is 18.6. The molecule has 2 aromatic carbocycles. The predicted molar refractivity (Wildman–Crippen MR) is 184 cm³/mol. The molecule has 3 saturated heterocycles. The van der Waals surface area contributed by atoms with Crippen molar-refractivity contribution in [3.63, 3.8) is 0 Å². The summed E-state index contributed by atoms with van der Waals surface area (Å²) in [5, 5.41) is 32.7. The Kier molecular flexibility index (Phi) is 10.7. The van der Waals surface area contributed by atoms with Crippen LogP contribution in [-0.2, 0) is 17.7 Å². The van der Waals surface area contributed by atoms with Gasteiger partial charge in [0.2, 0.25) is 12.4 Å². The molecule has 1 N–H and O–H groups in total. The van der Waals surface area contributed by atoms with Crippen LogP contribution in [0.15, 0.2) is 60.9 Å². The molecule has 3 aliphatic rings. The van der Waals surface area contributed by atoms with Gasteiger partial charge in [0.15, 0.2) is 11.5 Å². The number of thiophene rings is 1. The number of aromatic nitrogens is 1. The molecule has 0 unspecified atom stereocenters. The summed E-state index contributed by atoms with van der Waals surface area (Å²) in [4.78, 5) is 30.9. The minimum absolute atomic E-state index is 0.0320. The fourth-order valence-corrected chi connectivity index (χ4v) is 8.42. The van der Waals surface area contributed by atoms with Crippen LogP contribution in [0.5, 0.6) is 11.5 Å². The van der Waals surface area contributed by atoms with E-state index in [1.54, 1.807) is 48.5 Å². The Morgan fingerprint density at radius 3 is 2.44 bits per heavy atom. The molecule has 0 spiro atoms. The lowest BCUT2D eigenvalue weighted by atomic mass is 9.85. The lowest BCUT2D eigenvalue weighted by Gasteiger charge is -2.44. The third-order valence-electron chi connectivity index (χ3n) is 9.33. The van der Waals surface area contributed by atoms with Gasteiger partial charge in [0.25, 0.3) is 0 Å². The summed E-state index contributed by atoms with van der Waals surface area (Å²) in [7, 11) is 3.02. The fraction of sp³-hybridized carbons (Fsp3) is 0.333. The van der Waals surface area contributed by atoms with Crippen LogP contribution in [0, 0.1) is 17.2 Å². The molecular weight excluding hydrogens is 703 g/mol. The first kappa shape index (κ1) is 35.3. The highest BCUT2D eigenvalue weighted by atomic mass is 35.5. The Balaban J connectivity index is 1.41. The largest absolute Gasteiger partial charge is 0.544 e. The average Bonchev–Trinajstić information content (AvgIpc) is 3.54. The Hall–Kier alpha value is -4.54. The topological polar surface area (TPSA) is 139 Å². The summed E-state index contributed by atoms with van der Waals surface area (Å²) in [5.74, 6) is -0.860. The highest BCUT2D eigenvalue weighted by Gasteiger charge is 2.38. The van der Waals surface area contributed by atoms with Crippen molar-refractivity contribution in [3.8, 4) is 17.6 Å². The number of carboxylic acid groups (broad SMARTS) is 1. The smallest absolute Gasteiger partial charge is 0.414 e. The van der Waals surface area contributed by atoms with Crippen LogP contribution in [0.25, 0.3) is 0 Å². The van der Waals surface area contributed by atoms with Crippen molar-refractivity contribution in [3.05, 3.63) is 103 Å². The molecule has 0 saturated carbocycles. The van der Waals surface area contributed by atoms with Gasteiger partial charge in [0.05, 0.1) is 43.2 Å². The van der Waals surface area contributed by atoms with Gasteiger partial charge in [-0.15, -0.1) is 11.3 Å². The van der Waals surface area contributed by atoms with E-state index in [-0.39, 0.29) is 39.9 Å². The number of rotatable bonds is 11. The van der Waals surface area contributed by atoms with Gasteiger partial charge >= 0.3 is 6.09 Å². The van der Waals surface area contributed by atoms with Gasteiger partial charge in [-0.25, -0.2) is 4.79 Å². The molecule has 1 amide bonds. The number of anilines is 1. The van der Waals surface area contributed by atoms with Crippen molar-refractivity contribution in [2.75, 3.05) is 38.8 Å². The summed E-state index contributed by atoms with van der Waals surface area (Å²) in [6, 6.07) is 15.8. The van der Waals surface area contributed by atoms with Crippen LogP contribution in [0.4, 0.5) is 10.5 Å². The number of ether oxygens (including phenoxy) is 3. The third kappa shape index (κ3) is 7.46. The Labute approximate surface area is 303 Å². The van der Waals surface area contributed by atoms with Crippen molar-refractivity contribution < 1.29 is 38.8 Å². The molecule has 0 aliphatic carbocycles. The van der Waals surface area contributed by atoms with Gasteiger partial charge in [0, 0.05) is 33.3 Å². The molecule has 50 heavy (non-hydrogen) atoms. The molecule has 0 radical (unpaired) electrons. The molecule has 11 nitrogen and oxygen atoms in total. The number of nitriles is 1. The van der Waals surface area contributed by atoms with E-state index in [0.717, 1.165) is 42.0 Å². The standard InChI is InChI=1S/C36H34Cl2N4O7S/c1-47-31-7-6-23(13-32(31)48-2)26(15-28-29(37)18-41(46)19-30(28)38)27-14-25(50-34(27)35(43)44)17-42(24-5-3-4-21(12-24)16-39)36(45)49-33-20-40-10-8-22(33)9-11-40/h3-7,12-14,18-19,22,26,33H,8-11,15,17,20H2,1-2H3,(H-,43,44,46)/t26-,33-/m0/s1. The molecule has 3 aliphatic heterocycles. The maximum Gasteiger partial charge on any atom is 0.414 e. The van der Waals surface area contributed by atoms with E-state index >= 15 is 0 Å². The molecule has 3 fully saturated rings. The number of hydrogen-bond donors (Lipinski definition) is 1. The van der Waals surface area contributed by atoms with E-state index in [1.807, 2.05) is 0 Å². The minimum Gasteiger partial charge on any atom is -0.544 e. The number of nitrogens with zero attached hydrogens (tertiary/aromatic N) is 4. The van der Waals surface area contributed by atoms with Crippen LogP contribution in [0.2, 0.25) is 10.0 Å². The van der Waals surface area contributed by atoms with Crippen LogP contribution < -0.4 is 24.2 Å². The summed E-state index contributed by atoms with van der Waals surface area (Å²) in [6.45, 7) is 2.60. The average molecular weight is 738 g/mol. The van der Waals surface area contributed by atoms with Crippen molar-refractivity contribution >= 4 is 52.3 Å². The quantitative estimate of drug-likeness (QED) is 0.157. The highest BCUT2D eigenvalue weighted by molar-refractivity contribution is 7.14. The van der Waals surface area contributed by atoms with Gasteiger partial charge in [-0.3, -0.25) is 15.0 Å². The zero-order chi connectivity index (χ0) is 35.5. The molecule has 2 aromatic heterocycles. The van der Waals surface area contributed by atoms with Crippen molar-refractivity contribution in [2.24, 2.45) is 5.92 Å². The van der Waals surface area contributed by atoms with Crippen LogP contribution in [0.3, 0.4) is 0 Å². The molecule has 14 heteroatoms. The number of carbonyl (C=O) groups excluding carboxylic acids is 2. The van der Waals surface area contributed by atoms with Crippen LogP contribution in [0.1, 0.15) is 55.6 Å². The van der Waals surface area contributed by atoms with E-state index in [4.69, 9.17) is 37.4 Å². The number of halogens is 2. The molecule has 260 valence electrons. The lowest BCUT2D eigenvalue weighted by molar-refractivity contribution is -0.904. The summed E-state index contributed by atoms with van der Waals surface area (Å²) < 4.78 is 17.9. The number of amides is 1. The number of methoxy groups -OCH3 is 2. The van der Waals surface area contributed by atoms with E-state index in [1.165, 1.54) is 31.5 Å². The second-order valence-electron chi connectivity index (χ2n) is 12.3. The van der Waals surface area contributed by atoms with E-state index in [2.05, 4.69) is 11.0 Å². The first-order valence-corrected chi connectivity index (χ1v) is 17.5. The van der Waals surface area contributed by atoms with Crippen LogP contribution in [-0.4, -0.2) is 62.1 Å². The third-order valence-corrected chi connectivity index (χ3v) is 11.1. The SMILES string of the molecule is COc1ccc([C@H](Cc2c(Cl)c[n+](O)cc2Cl)c2cc(CN(C(=O)O[C@H]3CN4CCC3CC4)c3cccc(C#N)c3)sc2C(=O)[O-])cc1OC. The molecule has 4 aromatic rings. The number of fused-ring (bicyclic) bond motifs is 3. The Bertz CT molecular complexity index is 1930. The molecule has 7 rings (SSSR count). The molecule has 2 bridgehead atoms. The Morgan fingerprint density at radius 1 is 1.10 bits per heavy atom. The number of benzene rings is 2. The molecule has 5 heterocycles. The fourth-order valence-electron chi connectivity index (χ4n) is 6.77. The number of carboxylic acids is 1. The van der Waals surface area contributed by atoms with Crippen LogP contribution >= 0.6 is 34.5 Å². The van der Waals surface area contributed by atoms with E-state index in [9.17, 15) is 25.2 Å². The summed E-state index contributed by atoms with van der Waals surface area (Å²) in [5.41, 5.74) is 2.35. The maximum absolute atomic E-state index is 13.9. The first-order valence-electron chi connectivity index (χ1n) is 15.9. The van der Waals surface area contributed by atoms with E-state index < -0.39 is 18.0 Å². The highest BCUT2D eigenvalue weighted by Crippen LogP contribution is 2.41. The lowest BCUT2D eigenvalue weighted by Crippen LogP contribution is -2.53. The first-order chi connectivity index (χ1) is 24.1.